The van der Waals surface area contributed by atoms with E-state index in [2.05, 4.69) is 0 Å². The maximum Gasteiger partial charge on any atom is 0.336 e. The van der Waals surface area contributed by atoms with E-state index in [1.54, 1.807) is 49.6 Å². The Hall–Kier alpha value is -4.26. The SMILES string of the molecule is COc1ccc(C(=O)/C(Cc2ccc(N(C)C)cc2)=C(\C(=O)O)c2ccc3c(c2)OCO3)cc1. The van der Waals surface area contributed by atoms with Gasteiger partial charge in [-0.05, 0) is 59.7 Å². The van der Waals surface area contributed by atoms with Crippen LogP contribution in [0, 0.1) is 0 Å². The van der Waals surface area contributed by atoms with E-state index in [4.69, 9.17) is 14.2 Å². The summed E-state index contributed by atoms with van der Waals surface area (Å²) in [7, 11) is 5.42. The first-order valence-corrected chi connectivity index (χ1v) is 10.7. The zero-order chi connectivity index (χ0) is 24.2. The molecule has 0 fully saturated rings. The van der Waals surface area contributed by atoms with Gasteiger partial charge in [0.15, 0.2) is 17.3 Å². The fraction of sp³-hybridized carbons (Fsp3) is 0.185. The number of anilines is 1. The predicted molar refractivity (Wildman–Crippen MR) is 129 cm³/mol. The van der Waals surface area contributed by atoms with Gasteiger partial charge in [-0.2, -0.15) is 0 Å². The molecule has 7 nitrogen and oxygen atoms in total. The van der Waals surface area contributed by atoms with Crippen molar-refractivity contribution >= 4 is 23.0 Å². The van der Waals surface area contributed by atoms with E-state index in [0.717, 1.165) is 11.3 Å². The van der Waals surface area contributed by atoms with Crippen molar-refractivity contribution in [1.29, 1.82) is 0 Å². The number of nitrogens with zero attached hydrogens (tertiary/aromatic N) is 1. The van der Waals surface area contributed by atoms with Crippen molar-refractivity contribution in [3.05, 3.63) is 89.0 Å². The summed E-state index contributed by atoms with van der Waals surface area (Å²) in [5, 5.41) is 10.2. The van der Waals surface area contributed by atoms with Crippen LogP contribution < -0.4 is 19.1 Å². The molecular formula is C27H25NO6. The fourth-order valence-corrected chi connectivity index (χ4v) is 3.79. The molecule has 0 radical (unpaired) electrons. The van der Waals surface area contributed by atoms with Crippen LogP contribution in [-0.2, 0) is 11.2 Å². The molecule has 0 aliphatic carbocycles. The molecule has 0 saturated heterocycles. The first-order chi connectivity index (χ1) is 16.4. The Morgan fingerprint density at radius 1 is 0.912 bits per heavy atom. The van der Waals surface area contributed by atoms with Crippen molar-refractivity contribution in [3.8, 4) is 17.2 Å². The number of carboxylic acids is 1. The lowest BCUT2D eigenvalue weighted by Gasteiger charge is -2.15. The van der Waals surface area contributed by atoms with E-state index >= 15 is 0 Å². The molecule has 0 atom stereocenters. The van der Waals surface area contributed by atoms with E-state index in [-0.39, 0.29) is 30.1 Å². The number of ketones is 1. The summed E-state index contributed by atoms with van der Waals surface area (Å²) in [4.78, 5) is 28.1. The minimum absolute atomic E-state index is 0.0702. The number of allylic oxidation sites excluding steroid dienone is 1. The normalized spacial score (nSPS) is 12.7. The molecule has 3 aromatic rings. The number of carbonyl (C=O) groups excluding carboxylic acids is 1. The summed E-state index contributed by atoms with van der Waals surface area (Å²) in [5.74, 6) is 0.0317. The number of carboxylic acid groups (broad SMARTS) is 1. The molecule has 0 bridgehead atoms. The second-order valence-electron chi connectivity index (χ2n) is 8.02. The van der Waals surface area contributed by atoms with Crippen LogP contribution in [0.25, 0.3) is 5.57 Å². The molecule has 174 valence electrons. The highest BCUT2D eigenvalue weighted by molar-refractivity contribution is 6.26. The number of Topliss-reactive ketones (excluding diaryl/α,β-unsaturated/α-hetero) is 1. The molecule has 4 rings (SSSR count). The second-order valence-corrected chi connectivity index (χ2v) is 8.02. The van der Waals surface area contributed by atoms with Gasteiger partial charge in [0.1, 0.15) is 5.75 Å². The Balaban J connectivity index is 1.83. The third-order valence-corrected chi connectivity index (χ3v) is 5.64. The predicted octanol–water partition coefficient (Wildman–Crippen LogP) is 4.45. The van der Waals surface area contributed by atoms with Crippen LogP contribution in [0.15, 0.2) is 72.3 Å². The smallest absolute Gasteiger partial charge is 0.336 e. The fourth-order valence-electron chi connectivity index (χ4n) is 3.79. The van der Waals surface area contributed by atoms with Crippen LogP contribution in [0.5, 0.6) is 17.2 Å². The molecule has 0 amide bonds. The average Bonchev–Trinajstić information content (AvgIpc) is 3.31. The highest BCUT2D eigenvalue weighted by atomic mass is 16.7. The van der Waals surface area contributed by atoms with Crippen LogP contribution in [-0.4, -0.2) is 44.9 Å². The lowest BCUT2D eigenvalue weighted by molar-refractivity contribution is -0.130. The molecule has 34 heavy (non-hydrogen) atoms. The average molecular weight is 459 g/mol. The third kappa shape index (κ3) is 4.73. The quantitative estimate of drug-likeness (QED) is 0.393. The Morgan fingerprint density at radius 2 is 1.56 bits per heavy atom. The molecule has 1 aliphatic rings. The standard InChI is InChI=1S/C27H25NO6/c1-28(2)20-9-4-17(5-10-20)14-22(26(29)18-6-11-21(32-3)12-7-18)25(27(30)31)19-8-13-23-24(15-19)34-16-33-23/h4-13,15H,14,16H2,1-3H3,(H,30,31)/b25-22-. The van der Waals surface area contributed by atoms with Gasteiger partial charge >= 0.3 is 5.97 Å². The zero-order valence-corrected chi connectivity index (χ0v) is 19.2. The van der Waals surface area contributed by atoms with Gasteiger partial charge in [0.25, 0.3) is 0 Å². The number of fused-ring (bicyclic) bond motifs is 1. The van der Waals surface area contributed by atoms with Gasteiger partial charge in [0, 0.05) is 37.3 Å². The van der Waals surface area contributed by atoms with Gasteiger partial charge in [-0.1, -0.05) is 18.2 Å². The highest BCUT2D eigenvalue weighted by Crippen LogP contribution is 2.36. The minimum atomic E-state index is -1.19. The molecule has 1 N–H and O–H groups in total. The van der Waals surface area contributed by atoms with E-state index in [1.165, 1.54) is 0 Å². The van der Waals surface area contributed by atoms with Crippen LogP contribution in [0.1, 0.15) is 21.5 Å². The van der Waals surface area contributed by atoms with E-state index < -0.39 is 5.97 Å². The molecule has 3 aromatic carbocycles. The maximum atomic E-state index is 13.7. The van der Waals surface area contributed by atoms with Crippen molar-refractivity contribution in [2.75, 3.05) is 32.9 Å². The summed E-state index contributed by atoms with van der Waals surface area (Å²) in [6, 6.07) is 19.2. The van der Waals surface area contributed by atoms with Gasteiger partial charge < -0.3 is 24.2 Å². The summed E-state index contributed by atoms with van der Waals surface area (Å²) < 4.78 is 16.0. The number of carbonyl (C=O) groups is 2. The van der Waals surface area contributed by atoms with Crippen molar-refractivity contribution in [2.24, 2.45) is 0 Å². The molecular weight excluding hydrogens is 434 g/mol. The van der Waals surface area contributed by atoms with E-state index in [9.17, 15) is 14.7 Å². The lowest BCUT2D eigenvalue weighted by Crippen LogP contribution is -2.14. The lowest BCUT2D eigenvalue weighted by atomic mass is 9.89. The van der Waals surface area contributed by atoms with Crippen LogP contribution >= 0.6 is 0 Å². The number of rotatable bonds is 8. The largest absolute Gasteiger partial charge is 0.497 e. The first-order valence-electron chi connectivity index (χ1n) is 10.7. The number of ether oxygens (including phenoxy) is 3. The Labute approximate surface area is 197 Å². The number of methoxy groups -OCH3 is 1. The minimum Gasteiger partial charge on any atom is -0.497 e. The van der Waals surface area contributed by atoms with Crippen LogP contribution in [0.3, 0.4) is 0 Å². The second kappa shape index (κ2) is 9.70. The maximum absolute atomic E-state index is 13.7. The molecule has 0 aromatic heterocycles. The van der Waals surface area contributed by atoms with Gasteiger partial charge in [0.2, 0.25) is 6.79 Å². The molecule has 0 saturated carbocycles. The monoisotopic (exact) mass is 459 g/mol. The Kier molecular flexibility index (Phi) is 6.54. The summed E-state index contributed by atoms with van der Waals surface area (Å²) >= 11 is 0. The van der Waals surface area contributed by atoms with Gasteiger partial charge in [-0.3, -0.25) is 4.79 Å². The molecule has 7 heteroatoms. The molecule has 1 aliphatic heterocycles. The number of benzene rings is 3. The third-order valence-electron chi connectivity index (χ3n) is 5.64. The number of aliphatic carboxylic acids is 1. The van der Waals surface area contributed by atoms with Crippen molar-refractivity contribution in [1.82, 2.24) is 0 Å². The molecule has 1 heterocycles. The van der Waals surface area contributed by atoms with Crippen LogP contribution in [0.4, 0.5) is 5.69 Å². The zero-order valence-electron chi connectivity index (χ0n) is 19.2. The van der Waals surface area contributed by atoms with Crippen molar-refractivity contribution in [2.45, 2.75) is 6.42 Å². The summed E-state index contributed by atoms with van der Waals surface area (Å²) in [6.07, 6.45) is 0.147. The Morgan fingerprint density at radius 3 is 2.18 bits per heavy atom. The van der Waals surface area contributed by atoms with E-state index in [0.29, 0.717) is 28.4 Å². The van der Waals surface area contributed by atoms with Crippen molar-refractivity contribution < 1.29 is 28.9 Å². The van der Waals surface area contributed by atoms with Crippen molar-refractivity contribution in [3.63, 3.8) is 0 Å². The number of hydrogen-bond acceptors (Lipinski definition) is 6. The topological polar surface area (TPSA) is 85.3 Å². The molecule has 0 unspecified atom stereocenters. The van der Waals surface area contributed by atoms with Gasteiger partial charge in [0.05, 0.1) is 12.7 Å². The first kappa shape index (κ1) is 22.9. The van der Waals surface area contributed by atoms with E-state index in [1.807, 2.05) is 43.3 Å². The highest BCUT2D eigenvalue weighted by Gasteiger charge is 2.26. The number of hydrogen-bond donors (Lipinski definition) is 1. The summed E-state index contributed by atoms with van der Waals surface area (Å²) in [6.45, 7) is 0.0702. The summed E-state index contributed by atoms with van der Waals surface area (Å²) in [5.41, 5.74) is 2.68. The van der Waals surface area contributed by atoms with Crippen LogP contribution in [0.2, 0.25) is 0 Å². The molecule has 0 spiro atoms. The van der Waals surface area contributed by atoms with Gasteiger partial charge in [-0.25, -0.2) is 4.79 Å². The Bertz CT molecular complexity index is 1240. The van der Waals surface area contributed by atoms with Gasteiger partial charge in [-0.15, -0.1) is 0 Å².